The minimum atomic E-state index is -1.57. The maximum atomic E-state index is 10.6. The van der Waals surface area contributed by atoms with Crippen LogP contribution in [0.25, 0.3) is 11.0 Å². The second kappa shape index (κ2) is 5.57. The fourth-order valence-corrected chi connectivity index (χ4v) is 3.44. The molecule has 9 heteroatoms. The van der Waals surface area contributed by atoms with Crippen molar-refractivity contribution < 1.29 is 20.1 Å². The number of hydrogen-bond acceptors (Lipinski definition) is 7. The number of aliphatic hydroxyl groups excluding tert-OH is 2. The summed E-state index contributed by atoms with van der Waals surface area (Å²) >= 11 is 2.20. The molecule has 1 aliphatic rings. The zero-order valence-corrected chi connectivity index (χ0v) is 14.0. The van der Waals surface area contributed by atoms with Gasteiger partial charge in [0.25, 0.3) is 0 Å². The number of rotatable bonds is 3. The summed E-state index contributed by atoms with van der Waals surface area (Å²) in [7, 11) is 0. The highest BCUT2D eigenvalue weighted by Crippen LogP contribution is 2.41. The van der Waals surface area contributed by atoms with Crippen LogP contribution in [0.4, 0.5) is 5.82 Å². The molecule has 0 amide bonds. The van der Waals surface area contributed by atoms with Crippen LogP contribution in [0.3, 0.4) is 0 Å². The van der Waals surface area contributed by atoms with Crippen LogP contribution in [-0.4, -0.2) is 54.3 Å². The molecule has 8 nitrogen and oxygen atoms in total. The molecule has 0 radical (unpaired) electrons. The van der Waals surface area contributed by atoms with Crippen LogP contribution < -0.4 is 5.73 Å². The molecule has 2 aromatic rings. The van der Waals surface area contributed by atoms with Gasteiger partial charge in [-0.3, -0.25) is 0 Å². The second-order valence-electron chi connectivity index (χ2n) is 5.53. The molecule has 0 spiro atoms. The number of anilines is 1. The first-order valence-corrected chi connectivity index (χ1v) is 8.27. The molecule has 0 aliphatic carbocycles. The van der Waals surface area contributed by atoms with Crippen LogP contribution >= 0.6 is 22.6 Å². The largest absolute Gasteiger partial charge is 0.394 e. The summed E-state index contributed by atoms with van der Waals surface area (Å²) in [5.41, 5.74) is 5.80. The Morgan fingerprint density at radius 3 is 2.82 bits per heavy atom. The Kier molecular flexibility index (Phi) is 4.01. The van der Waals surface area contributed by atoms with E-state index in [4.69, 9.17) is 10.5 Å². The van der Waals surface area contributed by atoms with Crippen LogP contribution in [0.2, 0.25) is 0 Å². The van der Waals surface area contributed by atoms with Crippen LogP contribution in [0.15, 0.2) is 12.5 Å². The van der Waals surface area contributed by atoms with Gasteiger partial charge in [0.15, 0.2) is 6.23 Å². The highest BCUT2D eigenvalue weighted by molar-refractivity contribution is 14.1. The van der Waals surface area contributed by atoms with E-state index in [0.717, 1.165) is 5.56 Å². The minimum Gasteiger partial charge on any atom is -0.394 e. The SMILES string of the molecule is C[C@@]1(O)[C@H](O)[C@@H](CO)O[C@H]1n1cc(CI)c2c(N)ncnc21. The minimum absolute atomic E-state index is 0.354. The highest BCUT2D eigenvalue weighted by Gasteiger charge is 2.53. The lowest BCUT2D eigenvalue weighted by molar-refractivity contribution is -0.0948. The third-order valence-electron chi connectivity index (χ3n) is 4.05. The zero-order valence-electron chi connectivity index (χ0n) is 11.8. The van der Waals surface area contributed by atoms with Gasteiger partial charge in [0.05, 0.1) is 12.0 Å². The molecule has 0 saturated carbocycles. The molecular formula is C13H17IN4O4. The molecule has 3 rings (SSSR count). The second-order valence-corrected chi connectivity index (χ2v) is 6.30. The lowest BCUT2D eigenvalue weighted by atomic mass is 9.96. The molecule has 1 saturated heterocycles. The number of nitrogens with zero attached hydrogens (tertiary/aromatic N) is 3. The third kappa shape index (κ3) is 2.19. The van der Waals surface area contributed by atoms with Crippen molar-refractivity contribution in [2.45, 2.75) is 35.4 Å². The summed E-state index contributed by atoms with van der Waals surface area (Å²) in [6, 6.07) is 0. The van der Waals surface area contributed by atoms with E-state index < -0.39 is 24.0 Å². The van der Waals surface area contributed by atoms with E-state index in [1.807, 2.05) is 0 Å². The number of nitrogen functional groups attached to an aromatic ring is 1. The van der Waals surface area contributed by atoms with Crippen molar-refractivity contribution >= 4 is 39.4 Å². The first kappa shape index (κ1) is 15.9. The van der Waals surface area contributed by atoms with Gasteiger partial charge < -0.3 is 30.4 Å². The lowest BCUT2D eigenvalue weighted by Gasteiger charge is -2.27. The maximum Gasteiger partial charge on any atom is 0.167 e. The Morgan fingerprint density at radius 1 is 1.50 bits per heavy atom. The summed E-state index contributed by atoms with van der Waals surface area (Å²) in [6.07, 6.45) is 0.178. The van der Waals surface area contributed by atoms with Crippen LogP contribution in [0, 0.1) is 0 Å². The summed E-state index contributed by atoms with van der Waals surface area (Å²) < 4.78 is 7.96. The summed E-state index contributed by atoms with van der Waals surface area (Å²) in [6.45, 7) is 1.08. The Morgan fingerprint density at radius 2 is 2.23 bits per heavy atom. The number of nitrogens with two attached hydrogens (primary N) is 1. The van der Waals surface area contributed by atoms with Gasteiger partial charge in [0.1, 0.15) is 35.6 Å². The highest BCUT2D eigenvalue weighted by atomic mass is 127. The molecule has 4 atom stereocenters. The summed E-state index contributed by atoms with van der Waals surface area (Å²) in [5.74, 6) is 0.354. The number of ether oxygens (including phenoxy) is 1. The fraction of sp³-hybridized carbons (Fsp3) is 0.538. The van der Waals surface area contributed by atoms with E-state index in [-0.39, 0.29) is 6.61 Å². The number of alkyl halides is 1. The number of aromatic nitrogens is 3. The van der Waals surface area contributed by atoms with Crippen molar-refractivity contribution in [2.75, 3.05) is 12.3 Å². The molecule has 5 N–H and O–H groups in total. The molecule has 120 valence electrons. The van der Waals surface area contributed by atoms with Crippen molar-refractivity contribution in [1.29, 1.82) is 0 Å². The Bertz CT molecular complexity index is 705. The number of fused-ring (bicyclic) bond motifs is 1. The number of aliphatic hydroxyl groups is 3. The Hall–Kier alpha value is -1.01. The first-order valence-electron chi connectivity index (χ1n) is 6.74. The van der Waals surface area contributed by atoms with Crippen molar-refractivity contribution in [2.24, 2.45) is 0 Å². The van der Waals surface area contributed by atoms with Crippen molar-refractivity contribution in [3.63, 3.8) is 0 Å². The smallest absolute Gasteiger partial charge is 0.167 e. The summed E-state index contributed by atoms with van der Waals surface area (Å²) in [4.78, 5) is 8.23. The van der Waals surface area contributed by atoms with Gasteiger partial charge in [-0.1, -0.05) is 22.6 Å². The van der Waals surface area contributed by atoms with E-state index >= 15 is 0 Å². The van der Waals surface area contributed by atoms with E-state index in [1.54, 1.807) is 10.8 Å². The fourth-order valence-electron chi connectivity index (χ4n) is 2.86. The van der Waals surface area contributed by atoms with Crippen molar-refractivity contribution in [3.05, 3.63) is 18.1 Å². The van der Waals surface area contributed by atoms with Gasteiger partial charge in [0, 0.05) is 10.6 Å². The van der Waals surface area contributed by atoms with Gasteiger partial charge in [0.2, 0.25) is 0 Å². The number of halogens is 1. The van der Waals surface area contributed by atoms with E-state index in [9.17, 15) is 15.3 Å². The molecule has 1 aliphatic heterocycles. The molecular weight excluding hydrogens is 403 g/mol. The van der Waals surface area contributed by atoms with Gasteiger partial charge in [-0.25, -0.2) is 9.97 Å². The zero-order chi connectivity index (χ0) is 16.1. The molecule has 3 heterocycles. The van der Waals surface area contributed by atoms with Crippen molar-refractivity contribution in [3.8, 4) is 0 Å². The normalized spacial score (nSPS) is 32.0. The molecule has 0 aromatic carbocycles. The monoisotopic (exact) mass is 420 g/mol. The van der Waals surface area contributed by atoms with Crippen LogP contribution in [-0.2, 0) is 9.16 Å². The predicted octanol–water partition coefficient (Wildman–Crippen LogP) is -0.0499. The summed E-state index contributed by atoms with van der Waals surface area (Å²) in [5, 5.41) is 30.7. The molecule has 22 heavy (non-hydrogen) atoms. The van der Waals surface area contributed by atoms with E-state index in [1.165, 1.54) is 13.3 Å². The van der Waals surface area contributed by atoms with Crippen LogP contribution in [0.5, 0.6) is 0 Å². The van der Waals surface area contributed by atoms with E-state index in [0.29, 0.717) is 21.3 Å². The Balaban J connectivity index is 2.17. The topological polar surface area (TPSA) is 127 Å². The standard InChI is InChI=1S/C13H17IN4O4/c1-13(21)9(20)7(4-19)22-12(13)18-3-6(2-14)8-10(15)16-5-17-11(8)18/h3,5,7,9,12,19-21H,2,4H2,1H3,(H2,15,16,17)/t7-,9-,12-,13-/m1/s1. The molecule has 1 fully saturated rings. The average molecular weight is 420 g/mol. The molecule has 2 aromatic heterocycles. The van der Waals surface area contributed by atoms with Crippen LogP contribution in [0.1, 0.15) is 18.7 Å². The quantitative estimate of drug-likeness (QED) is 0.405. The number of hydrogen-bond donors (Lipinski definition) is 4. The molecule has 0 unspecified atom stereocenters. The Labute approximate surface area is 140 Å². The van der Waals surface area contributed by atoms with Gasteiger partial charge in [-0.2, -0.15) is 0 Å². The van der Waals surface area contributed by atoms with Gasteiger partial charge >= 0.3 is 0 Å². The third-order valence-corrected chi connectivity index (χ3v) is 4.87. The lowest BCUT2D eigenvalue weighted by Crippen LogP contribution is -2.44. The van der Waals surface area contributed by atoms with Gasteiger partial charge in [-0.15, -0.1) is 0 Å². The molecule has 0 bridgehead atoms. The predicted molar refractivity (Wildman–Crippen MR) is 87.3 cm³/mol. The first-order chi connectivity index (χ1) is 10.4. The van der Waals surface area contributed by atoms with E-state index in [2.05, 4.69) is 32.6 Å². The van der Waals surface area contributed by atoms with Gasteiger partial charge in [-0.05, 0) is 12.5 Å². The average Bonchev–Trinajstić information content (AvgIpc) is 2.97. The maximum absolute atomic E-state index is 10.6. The van der Waals surface area contributed by atoms with Crippen molar-refractivity contribution in [1.82, 2.24) is 14.5 Å².